The zero-order valence-electron chi connectivity index (χ0n) is 31.6. The summed E-state index contributed by atoms with van der Waals surface area (Å²) in [6, 6.07) is 39.1. The van der Waals surface area contributed by atoms with Crippen LogP contribution in [0.4, 0.5) is 5.69 Å². The second kappa shape index (κ2) is 18.6. The van der Waals surface area contributed by atoms with Gasteiger partial charge in [0.1, 0.15) is 0 Å². The van der Waals surface area contributed by atoms with Crippen molar-refractivity contribution in [2.45, 2.75) is 95.8 Å². The fourth-order valence-electron chi connectivity index (χ4n) is 8.05. The van der Waals surface area contributed by atoms with Crippen molar-refractivity contribution in [2.24, 2.45) is 0 Å². The van der Waals surface area contributed by atoms with Gasteiger partial charge in [-0.05, 0) is 111 Å². The van der Waals surface area contributed by atoms with Crippen LogP contribution < -0.4 is 4.90 Å². The third kappa shape index (κ3) is 9.70. The van der Waals surface area contributed by atoms with Gasteiger partial charge >= 0.3 is 5.97 Å². The summed E-state index contributed by atoms with van der Waals surface area (Å²) >= 11 is 0. The Bertz CT molecular complexity index is 1850. The van der Waals surface area contributed by atoms with Crippen LogP contribution in [0, 0.1) is 6.92 Å². The van der Waals surface area contributed by atoms with Gasteiger partial charge in [-0.15, -0.1) is 0 Å². The minimum absolute atomic E-state index is 0.133. The molecule has 5 rings (SSSR count). The predicted octanol–water partition coefficient (Wildman–Crippen LogP) is 12.3. The van der Waals surface area contributed by atoms with E-state index in [1.54, 1.807) is 0 Å². The molecule has 0 aliphatic carbocycles. The number of hydrogen-bond acceptors (Lipinski definition) is 2. The zero-order chi connectivity index (χ0) is 36.8. The molecule has 1 heterocycles. The maximum absolute atomic E-state index is 11.1. The Labute approximate surface area is 313 Å². The molecule has 0 amide bonds. The van der Waals surface area contributed by atoms with E-state index < -0.39 is 5.97 Å². The normalized spacial score (nSPS) is 17.5. The molecule has 1 aliphatic rings. The third-order valence-electron chi connectivity index (χ3n) is 11.1. The summed E-state index contributed by atoms with van der Waals surface area (Å²) in [6.45, 7) is 12.5. The van der Waals surface area contributed by atoms with E-state index in [2.05, 4.69) is 172 Å². The molecule has 4 aromatic carbocycles. The van der Waals surface area contributed by atoms with E-state index in [1.807, 2.05) is 0 Å². The van der Waals surface area contributed by atoms with Crippen LogP contribution in [-0.4, -0.2) is 17.6 Å². The lowest BCUT2D eigenvalue weighted by Crippen LogP contribution is -2.29. The number of allylic oxidation sites excluding steroid dienone is 7. The van der Waals surface area contributed by atoms with Crippen molar-refractivity contribution >= 4 is 11.7 Å². The maximum Gasteiger partial charge on any atom is 0.303 e. The number of carboxylic acids is 1. The highest BCUT2D eigenvalue weighted by Gasteiger charge is 2.42. The van der Waals surface area contributed by atoms with E-state index in [0.717, 1.165) is 63.5 Å². The van der Waals surface area contributed by atoms with Gasteiger partial charge in [0.25, 0.3) is 0 Å². The van der Waals surface area contributed by atoms with Gasteiger partial charge in [-0.1, -0.05) is 147 Å². The van der Waals surface area contributed by atoms with Crippen molar-refractivity contribution in [3.05, 3.63) is 185 Å². The fourth-order valence-corrected chi connectivity index (χ4v) is 8.05. The van der Waals surface area contributed by atoms with Gasteiger partial charge in [-0.2, -0.15) is 0 Å². The molecule has 52 heavy (non-hydrogen) atoms. The largest absolute Gasteiger partial charge is 0.481 e. The topological polar surface area (TPSA) is 40.5 Å². The molecular formula is C49H57NO2. The summed E-state index contributed by atoms with van der Waals surface area (Å²) in [6.07, 6.45) is 20.1. The molecular weight excluding hydrogens is 635 g/mol. The lowest BCUT2D eigenvalue weighted by Gasteiger charge is -2.33. The Morgan fingerprint density at radius 2 is 1.40 bits per heavy atom. The van der Waals surface area contributed by atoms with E-state index in [0.29, 0.717) is 6.42 Å². The third-order valence-corrected chi connectivity index (χ3v) is 11.1. The van der Waals surface area contributed by atoms with Gasteiger partial charge in [0.15, 0.2) is 0 Å². The van der Waals surface area contributed by atoms with Crippen LogP contribution in [0.25, 0.3) is 0 Å². The average Bonchev–Trinajstić information content (AvgIpc) is 3.38. The SMILES string of the molecule is C=C(/C=C/C=C/C=C1/N(CCCCCC(=O)O)c2ccccc2C1(C)CCCc1ccccc1)C(C)(CCCc1ccccc1)c1ccccc1C. The van der Waals surface area contributed by atoms with Gasteiger partial charge in [-0.3, -0.25) is 4.79 Å². The number of carbonyl (C=O) groups is 1. The smallest absolute Gasteiger partial charge is 0.303 e. The number of unbranched alkanes of at least 4 members (excludes halogenated alkanes) is 2. The summed E-state index contributed by atoms with van der Waals surface area (Å²) in [5, 5.41) is 9.16. The van der Waals surface area contributed by atoms with Gasteiger partial charge in [0.05, 0.1) is 0 Å². The predicted molar refractivity (Wildman–Crippen MR) is 220 cm³/mol. The Kier molecular flexibility index (Phi) is 13.7. The average molecular weight is 692 g/mol. The Balaban J connectivity index is 1.36. The number of aliphatic carboxylic acids is 1. The van der Waals surface area contributed by atoms with Crippen molar-refractivity contribution in [2.75, 3.05) is 11.4 Å². The molecule has 1 aliphatic heterocycles. The number of benzene rings is 4. The maximum atomic E-state index is 11.1. The molecule has 0 fully saturated rings. The molecule has 3 heteroatoms. The molecule has 0 spiro atoms. The Hall–Kier alpha value is -4.89. The van der Waals surface area contributed by atoms with Crippen LogP contribution in [0.1, 0.15) is 93.0 Å². The highest BCUT2D eigenvalue weighted by Crippen LogP contribution is 2.50. The summed E-state index contributed by atoms with van der Waals surface area (Å²) < 4.78 is 0. The van der Waals surface area contributed by atoms with Crippen LogP contribution >= 0.6 is 0 Å². The number of fused-ring (bicyclic) bond motifs is 1. The highest BCUT2D eigenvalue weighted by molar-refractivity contribution is 5.71. The minimum atomic E-state index is -0.717. The molecule has 0 aromatic heterocycles. The van der Waals surface area contributed by atoms with Crippen molar-refractivity contribution < 1.29 is 9.90 Å². The molecule has 4 aromatic rings. The molecule has 1 N–H and O–H groups in total. The lowest BCUT2D eigenvalue weighted by molar-refractivity contribution is -0.137. The van der Waals surface area contributed by atoms with E-state index in [9.17, 15) is 4.79 Å². The van der Waals surface area contributed by atoms with Crippen LogP contribution in [0.5, 0.6) is 0 Å². The second-order valence-electron chi connectivity index (χ2n) is 14.9. The molecule has 0 saturated carbocycles. The molecule has 0 radical (unpaired) electrons. The number of para-hydroxylation sites is 1. The monoisotopic (exact) mass is 691 g/mol. The number of hydrogen-bond donors (Lipinski definition) is 1. The van der Waals surface area contributed by atoms with Crippen molar-refractivity contribution in [3.8, 4) is 0 Å². The number of nitrogens with zero attached hydrogens (tertiary/aromatic N) is 1. The summed E-state index contributed by atoms with van der Waals surface area (Å²) in [5.41, 5.74) is 10.2. The van der Waals surface area contributed by atoms with Crippen LogP contribution in [0.3, 0.4) is 0 Å². The zero-order valence-corrected chi connectivity index (χ0v) is 31.6. The summed E-state index contributed by atoms with van der Waals surface area (Å²) in [5.74, 6) is -0.717. The van der Waals surface area contributed by atoms with E-state index in [-0.39, 0.29) is 17.3 Å². The quantitative estimate of drug-likeness (QED) is 0.0786. The van der Waals surface area contributed by atoms with Crippen LogP contribution in [0.2, 0.25) is 0 Å². The first-order valence-corrected chi connectivity index (χ1v) is 19.2. The second-order valence-corrected chi connectivity index (χ2v) is 14.9. The lowest BCUT2D eigenvalue weighted by atomic mass is 9.71. The summed E-state index contributed by atoms with van der Waals surface area (Å²) in [4.78, 5) is 13.6. The Morgan fingerprint density at radius 1 is 0.769 bits per heavy atom. The summed E-state index contributed by atoms with van der Waals surface area (Å²) in [7, 11) is 0. The molecule has 3 nitrogen and oxygen atoms in total. The van der Waals surface area contributed by atoms with E-state index >= 15 is 0 Å². The standard InChI is InChI=1S/C49H57NO2/c1-39-23-16-17-31-43(39)48(3,36-21-29-41-25-10-6-11-26-41)40(2)24-9-5-14-34-46-49(4,37-22-30-42-27-12-7-13-28-42)44-32-18-19-33-45(44)50(46)38-20-8-15-35-47(51)52/h5-7,9-14,16-19,23-28,31-34H,2,8,15,20-22,29-30,35-38H2,1,3-4H3,(H,51,52)/b14-5+,24-9+,46-34+. The van der Waals surface area contributed by atoms with Crippen LogP contribution in [-0.2, 0) is 28.5 Å². The number of aryl methyl sites for hydroxylation is 3. The molecule has 2 unspecified atom stereocenters. The van der Waals surface area contributed by atoms with Crippen molar-refractivity contribution in [1.29, 1.82) is 0 Å². The van der Waals surface area contributed by atoms with Gasteiger partial charge in [0.2, 0.25) is 0 Å². The van der Waals surface area contributed by atoms with Crippen LogP contribution in [0.15, 0.2) is 157 Å². The van der Waals surface area contributed by atoms with Gasteiger partial charge < -0.3 is 10.0 Å². The number of carboxylic acid groups (broad SMARTS) is 1. The first-order valence-electron chi connectivity index (χ1n) is 19.2. The van der Waals surface area contributed by atoms with E-state index in [1.165, 1.54) is 39.2 Å². The molecule has 0 bridgehead atoms. The fraction of sp³-hybridized carbons (Fsp3) is 0.327. The highest BCUT2D eigenvalue weighted by atomic mass is 16.4. The minimum Gasteiger partial charge on any atom is -0.481 e. The Morgan fingerprint density at radius 3 is 2.10 bits per heavy atom. The van der Waals surface area contributed by atoms with Crippen molar-refractivity contribution in [1.82, 2.24) is 0 Å². The first kappa shape index (κ1) is 38.3. The molecule has 0 saturated heterocycles. The first-order chi connectivity index (χ1) is 25.2. The van der Waals surface area contributed by atoms with E-state index in [4.69, 9.17) is 5.11 Å². The van der Waals surface area contributed by atoms with Gasteiger partial charge in [-0.25, -0.2) is 0 Å². The number of anilines is 1. The molecule has 2 atom stereocenters. The number of rotatable bonds is 19. The molecule has 270 valence electrons. The van der Waals surface area contributed by atoms with Crippen molar-refractivity contribution in [3.63, 3.8) is 0 Å². The van der Waals surface area contributed by atoms with Gasteiger partial charge in [0, 0.05) is 35.2 Å².